The lowest BCUT2D eigenvalue weighted by Crippen LogP contribution is -1.88. The molecule has 0 aliphatic heterocycles. The highest BCUT2D eigenvalue weighted by Gasteiger charge is 2.16. The van der Waals surface area contributed by atoms with E-state index < -0.39 is 4.92 Å². The van der Waals surface area contributed by atoms with Gasteiger partial charge in [0.15, 0.2) is 6.07 Å². The van der Waals surface area contributed by atoms with Gasteiger partial charge in [-0.15, -0.1) is 0 Å². The number of nitro groups is 1. The minimum absolute atomic E-state index is 0.0408. The molecule has 56 valence electrons. The van der Waals surface area contributed by atoms with E-state index >= 15 is 0 Å². The Labute approximate surface area is 69.1 Å². The van der Waals surface area contributed by atoms with Crippen molar-refractivity contribution in [2.24, 2.45) is 0 Å². The Hall–Kier alpha value is -1.42. The Morgan fingerprint density at radius 1 is 1.82 bits per heavy atom. The molecule has 11 heavy (non-hydrogen) atoms. The van der Waals surface area contributed by atoms with E-state index in [2.05, 4.69) is 25.9 Å². The minimum atomic E-state index is -0.655. The number of aromatic nitrogens is 2. The van der Waals surface area contributed by atoms with Crippen LogP contribution in [-0.2, 0) is 0 Å². The van der Waals surface area contributed by atoms with Gasteiger partial charge in [0.2, 0.25) is 4.60 Å². The summed E-state index contributed by atoms with van der Waals surface area (Å²) in [5, 5.41) is 18.4. The van der Waals surface area contributed by atoms with Gasteiger partial charge in [0.05, 0.1) is 0 Å². The molecule has 0 fully saturated rings. The second-order valence-corrected chi connectivity index (χ2v) is 2.34. The van der Waals surface area contributed by atoms with Crippen LogP contribution in [0.1, 0.15) is 5.82 Å². The summed E-state index contributed by atoms with van der Waals surface area (Å²) in [6, 6.07) is 1.64. The van der Waals surface area contributed by atoms with E-state index in [9.17, 15) is 10.1 Å². The average Bonchev–Trinajstić information content (AvgIpc) is 2.30. The lowest BCUT2D eigenvalue weighted by Gasteiger charge is -1.86. The molecule has 0 radical (unpaired) electrons. The van der Waals surface area contributed by atoms with Crippen LogP contribution in [0.25, 0.3) is 0 Å². The number of halogens is 1. The summed E-state index contributed by atoms with van der Waals surface area (Å²) >= 11 is 2.82. The number of nitrogens with one attached hydrogen (secondary N) is 1. The lowest BCUT2D eigenvalue weighted by atomic mass is 10.7. The summed E-state index contributed by atoms with van der Waals surface area (Å²) in [5.41, 5.74) is 0. The van der Waals surface area contributed by atoms with Gasteiger partial charge < -0.3 is 10.1 Å². The number of hydrogen-bond donors (Lipinski definition) is 1. The molecule has 7 heteroatoms. The van der Waals surface area contributed by atoms with Gasteiger partial charge in [0.25, 0.3) is 0 Å². The maximum absolute atomic E-state index is 10.1. The Kier molecular flexibility index (Phi) is 1.87. The first-order chi connectivity index (χ1) is 5.15. The molecule has 1 aromatic heterocycles. The normalized spacial score (nSPS) is 9.09. The molecule has 0 atom stereocenters. The molecule has 0 unspecified atom stereocenters. The smallest absolute Gasteiger partial charge is 0.356 e. The molecular formula is C4HBrN4O2. The van der Waals surface area contributed by atoms with Crippen molar-refractivity contribution in [3.8, 4) is 6.07 Å². The van der Waals surface area contributed by atoms with Crippen LogP contribution in [0.4, 0.5) is 5.82 Å². The average molecular weight is 217 g/mol. The highest BCUT2D eigenvalue weighted by atomic mass is 79.9. The van der Waals surface area contributed by atoms with Crippen LogP contribution in [0.15, 0.2) is 4.60 Å². The molecule has 6 nitrogen and oxygen atoms in total. The molecular weight excluding hydrogens is 216 g/mol. The Morgan fingerprint density at radius 3 is 2.73 bits per heavy atom. The highest BCUT2D eigenvalue weighted by Crippen LogP contribution is 2.20. The molecule has 0 aliphatic rings. The van der Waals surface area contributed by atoms with Gasteiger partial charge in [-0.2, -0.15) is 10.2 Å². The first kappa shape index (κ1) is 7.68. The molecule has 0 saturated carbocycles. The monoisotopic (exact) mass is 216 g/mol. The molecule has 0 spiro atoms. The topological polar surface area (TPSA) is 95.6 Å². The standard InChI is InChI=1S/C4HBrN4O2/c5-3-4(9(10)11)8-2(1-6)7-3/h(H,7,8). The molecule has 1 heterocycles. The van der Waals surface area contributed by atoms with Crippen LogP contribution >= 0.6 is 15.9 Å². The van der Waals surface area contributed by atoms with Gasteiger partial charge in [-0.3, -0.25) is 0 Å². The second kappa shape index (κ2) is 2.67. The van der Waals surface area contributed by atoms with Crippen LogP contribution in [0, 0.1) is 21.4 Å². The largest absolute Gasteiger partial charge is 0.358 e. The number of imidazole rings is 1. The third-order valence-corrected chi connectivity index (χ3v) is 1.48. The molecule has 0 bridgehead atoms. The van der Waals surface area contributed by atoms with Crippen molar-refractivity contribution in [2.75, 3.05) is 0 Å². The van der Waals surface area contributed by atoms with Crippen molar-refractivity contribution in [1.29, 1.82) is 5.26 Å². The van der Waals surface area contributed by atoms with E-state index in [1.807, 2.05) is 0 Å². The first-order valence-electron chi connectivity index (χ1n) is 2.45. The zero-order valence-corrected chi connectivity index (χ0v) is 6.62. The zero-order chi connectivity index (χ0) is 8.43. The number of aromatic amines is 1. The fraction of sp³-hybridized carbons (Fsp3) is 0. The van der Waals surface area contributed by atoms with E-state index in [1.165, 1.54) is 0 Å². The van der Waals surface area contributed by atoms with Crippen LogP contribution < -0.4 is 0 Å². The van der Waals surface area contributed by atoms with Crippen LogP contribution in [-0.4, -0.2) is 14.9 Å². The first-order valence-corrected chi connectivity index (χ1v) is 3.24. The van der Waals surface area contributed by atoms with Crippen LogP contribution in [0.5, 0.6) is 0 Å². The minimum Gasteiger partial charge on any atom is -0.358 e. The molecule has 0 amide bonds. The van der Waals surface area contributed by atoms with Crippen molar-refractivity contribution < 1.29 is 4.92 Å². The van der Waals surface area contributed by atoms with Crippen molar-refractivity contribution in [3.05, 3.63) is 20.5 Å². The summed E-state index contributed by atoms with van der Waals surface area (Å²) in [5.74, 6) is -0.384. The van der Waals surface area contributed by atoms with Crippen molar-refractivity contribution in [1.82, 2.24) is 9.97 Å². The third kappa shape index (κ3) is 1.35. The molecule has 0 saturated heterocycles. The molecule has 1 rings (SSSR count). The van der Waals surface area contributed by atoms with Crippen LogP contribution in [0.2, 0.25) is 0 Å². The number of nitriles is 1. The predicted molar refractivity (Wildman–Crippen MR) is 37.7 cm³/mol. The second-order valence-electron chi connectivity index (χ2n) is 1.59. The molecule has 0 aromatic carbocycles. The summed E-state index contributed by atoms with van der Waals surface area (Å²) in [6.07, 6.45) is 0. The van der Waals surface area contributed by atoms with Crippen molar-refractivity contribution in [3.63, 3.8) is 0 Å². The Bertz CT molecular complexity index is 338. The van der Waals surface area contributed by atoms with Gasteiger partial charge in [0.1, 0.15) is 0 Å². The predicted octanol–water partition coefficient (Wildman–Crippen LogP) is 0.952. The number of nitrogens with zero attached hydrogens (tertiary/aromatic N) is 3. The fourth-order valence-corrected chi connectivity index (χ4v) is 0.938. The van der Waals surface area contributed by atoms with E-state index in [0.29, 0.717) is 0 Å². The fourth-order valence-electron chi connectivity index (χ4n) is 0.517. The number of rotatable bonds is 1. The summed E-state index contributed by atoms with van der Waals surface area (Å²) in [7, 11) is 0. The maximum atomic E-state index is 10.1. The van der Waals surface area contributed by atoms with Gasteiger partial charge in [-0.05, 0) is 20.9 Å². The van der Waals surface area contributed by atoms with Crippen LogP contribution in [0.3, 0.4) is 0 Å². The van der Waals surface area contributed by atoms with E-state index in [0.717, 1.165) is 0 Å². The maximum Gasteiger partial charge on any atom is 0.356 e. The SMILES string of the molecule is N#Cc1nc(Br)c([N+](=O)[O-])[nH]1. The van der Waals surface area contributed by atoms with Gasteiger partial charge in [0, 0.05) is 0 Å². The van der Waals surface area contributed by atoms with E-state index in [-0.39, 0.29) is 16.2 Å². The van der Waals surface area contributed by atoms with Gasteiger partial charge in [-0.25, -0.2) is 4.98 Å². The molecule has 1 aromatic rings. The zero-order valence-electron chi connectivity index (χ0n) is 5.04. The highest BCUT2D eigenvalue weighted by molar-refractivity contribution is 9.10. The number of H-pyrrole nitrogens is 1. The molecule has 0 aliphatic carbocycles. The Balaban J connectivity index is 3.20. The summed E-state index contributed by atoms with van der Waals surface area (Å²) in [4.78, 5) is 15.2. The summed E-state index contributed by atoms with van der Waals surface area (Å²) < 4.78 is 0.0408. The third-order valence-electron chi connectivity index (χ3n) is 0.931. The van der Waals surface area contributed by atoms with Gasteiger partial charge >= 0.3 is 11.6 Å². The van der Waals surface area contributed by atoms with E-state index in [1.54, 1.807) is 6.07 Å². The van der Waals surface area contributed by atoms with Crippen molar-refractivity contribution in [2.45, 2.75) is 0 Å². The lowest BCUT2D eigenvalue weighted by molar-refractivity contribution is -0.390. The quantitative estimate of drug-likeness (QED) is 0.559. The Morgan fingerprint density at radius 2 is 2.45 bits per heavy atom. The van der Waals surface area contributed by atoms with E-state index in [4.69, 9.17) is 5.26 Å². The van der Waals surface area contributed by atoms with Crippen molar-refractivity contribution >= 4 is 21.7 Å². The number of hydrogen-bond acceptors (Lipinski definition) is 4. The molecule has 1 N–H and O–H groups in total. The summed E-state index contributed by atoms with van der Waals surface area (Å²) in [6.45, 7) is 0. The van der Waals surface area contributed by atoms with Gasteiger partial charge in [-0.1, -0.05) is 0 Å².